The third-order valence-electron chi connectivity index (χ3n) is 4.11. The second kappa shape index (κ2) is 4.67. The van der Waals surface area contributed by atoms with Crippen LogP contribution in [-0.2, 0) is 16.3 Å². The van der Waals surface area contributed by atoms with Crippen molar-refractivity contribution < 1.29 is 4.52 Å². The predicted molar refractivity (Wildman–Crippen MR) is 82.4 cm³/mol. The van der Waals surface area contributed by atoms with Gasteiger partial charge in [-0.3, -0.25) is 0 Å². The highest BCUT2D eigenvalue weighted by molar-refractivity contribution is 8.70. The van der Waals surface area contributed by atoms with E-state index in [2.05, 4.69) is 34.3 Å². The van der Waals surface area contributed by atoms with Crippen molar-refractivity contribution in [2.45, 2.75) is 63.5 Å². The third-order valence-corrected chi connectivity index (χ3v) is 12.8. The van der Waals surface area contributed by atoms with Gasteiger partial charge < -0.3 is 4.52 Å². The largest absolute Gasteiger partial charge is 0.336 e. The number of hydrogen-bond donors (Lipinski definition) is 0. The topological polar surface area (TPSA) is 9.23 Å². The average Bonchev–Trinajstić information content (AvgIpc) is 2.48. The van der Waals surface area contributed by atoms with Gasteiger partial charge in [0.25, 0.3) is 0 Å². The molecule has 0 aromatic heterocycles. The molecule has 4 atom stereocenters. The van der Waals surface area contributed by atoms with Crippen LogP contribution in [0.1, 0.15) is 47.0 Å². The van der Waals surface area contributed by atoms with Crippen molar-refractivity contribution in [1.82, 2.24) is 0 Å². The molecule has 1 heterocycles. The fourth-order valence-corrected chi connectivity index (χ4v) is 10.3. The molecule has 2 rings (SSSR count). The minimum Gasteiger partial charge on any atom is -0.336 e. The fourth-order valence-electron chi connectivity index (χ4n) is 2.67. The highest BCUT2D eigenvalue weighted by atomic mass is 32.9. The standard InChI is InChI=1S/C13H23OPS2/c1-9(2)11-6-7-13(5)12(8-11)14-15(16,17-13)10(3)4/h10-12H,1,6-8H2,2-5H3/t11-,12+,13+,15?/m0/s1. The van der Waals surface area contributed by atoms with E-state index in [-0.39, 0.29) is 4.75 Å². The molecule has 0 spiro atoms. The minimum atomic E-state index is -1.65. The zero-order valence-corrected chi connectivity index (χ0v) is 13.8. The first-order chi connectivity index (χ1) is 7.77. The summed E-state index contributed by atoms with van der Waals surface area (Å²) in [6.45, 7) is 13.0. The lowest BCUT2D eigenvalue weighted by molar-refractivity contribution is 0.126. The minimum absolute atomic E-state index is 0.270. The van der Waals surface area contributed by atoms with Gasteiger partial charge in [0.15, 0.2) is 0 Å². The van der Waals surface area contributed by atoms with Gasteiger partial charge in [-0.25, -0.2) is 0 Å². The summed E-state index contributed by atoms with van der Waals surface area (Å²) in [7, 11) is 0. The van der Waals surface area contributed by atoms with Crippen LogP contribution in [0.5, 0.6) is 0 Å². The molecule has 1 aliphatic heterocycles. The summed E-state index contributed by atoms with van der Waals surface area (Å²) in [5.41, 5.74) is 0.155. The van der Waals surface area contributed by atoms with E-state index in [1.807, 2.05) is 11.4 Å². The second-order valence-corrected chi connectivity index (χ2v) is 13.9. The van der Waals surface area contributed by atoms with Gasteiger partial charge in [0, 0.05) is 10.4 Å². The SMILES string of the molecule is C=C(C)[C@H]1CC[C@@]2(C)SP(=S)(C(C)C)O[C@@H]2C1. The van der Waals surface area contributed by atoms with Crippen LogP contribution in [0.3, 0.4) is 0 Å². The van der Waals surface area contributed by atoms with E-state index < -0.39 is 5.47 Å². The molecular weight excluding hydrogens is 267 g/mol. The van der Waals surface area contributed by atoms with Crippen LogP contribution in [0, 0.1) is 5.92 Å². The predicted octanol–water partition coefficient (Wildman–Crippen LogP) is 4.97. The summed E-state index contributed by atoms with van der Waals surface area (Å²) in [5.74, 6) is 0.641. The molecule has 0 amide bonds. The van der Waals surface area contributed by atoms with E-state index in [4.69, 9.17) is 16.3 Å². The Morgan fingerprint density at radius 3 is 2.76 bits per heavy atom. The lowest BCUT2D eigenvalue weighted by Crippen LogP contribution is -2.39. The average molecular weight is 290 g/mol. The van der Waals surface area contributed by atoms with Crippen LogP contribution in [0.2, 0.25) is 0 Å². The summed E-state index contributed by atoms with van der Waals surface area (Å²) in [4.78, 5) is 0. The molecular formula is C13H23OPS2. The Kier molecular flexibility index (Phi) is 3.88. The summed E-state index contributed by atoms with van der Waals surface area (Å²) >= 11 is 7.81. The smallest absolute Gasteiger partial charge is 0.123 e. The van der Waals surface area contributed by atoms with Crippen LogP contribution >= 0.6 is 16.8 Å². The number of rotatable bonds is 2. The van der Waals surface area contributed by atoms with Crippen LogP contribution in [0.15, 0.2) is 12.2 Å². The van der Waals surface area contributed by atoms with Crippen LogP contribution in [0.4, 0.5) is 0 Å². The molecule has 0 aromatic carbocycles. The van der Waals surface area contributed by atoms with Gasteiger partial charge in [-0.05, 0) is 39.0 Å². The van der Waals surface area contributed by atoms with Crippen molar-refractivity contribution >= 4 is 28.7 Å². The molecule has 0 N–H and O–H groups in total. The van der Waals surface area contributed by atoms with Crippen molar-refractivity contribution in [3.05, 3.63) is 12.2 Å². The van der Waals surface area contributed by atoms with Gasteiger partial charge in [0.05, 0.1) is 6.10 Å². The molecule has 1 nitrogen and oxygen atoms in total. The van der Waals surface area contributed by atoms with E-state index in [9.17, 15) is 0 Å². The van der Waals surface area contributed by atoms with Gasteiger partial charge in [-0.1, -0.05) is 49.2 Å². The van der Waals surface area contributed by atoms with Crippen LogP contribution < -0.4 is 0 Å². The fraction of sp³-hybridized carbons (Fsp3) is 0.846. The van der Waals surface area contributed by atoms with Gasteiger partial charge in [-0.2, -0.15) is 0 Å². The quantitative estimate of drug-likeness (QED) is 0.525. The Morgan fingerprint density at radius 1 is 1.59 bits per heavy atom. The molecule has 1 saturated heterocycles. The van der Waals surface area contributed by atoms with Gasteiger partial charge >= 0.3 is 0 Å². The Bertz CT molecular complexity index is 380. The van der Waals surface area contributed by atoms with E-state index >= 15 is 0 Å². The first-order valence-electron chi connectivity index (χ1n) is 6.41. The highest BCUT2D eigenvalue weighted by Gasteiger charge is 2.52. The first-order valence-corrected chi connectivity index (χ1v) is 10.6. The van der Waals surface area contributed by atoms with Gasteiger partial charge in [0.1, 0.15) is 5.47 Å². The van der Waals surface area contributed by atoms with Gasteiger partial charge in [0.2, 0.25) is 0 Å². The van der Waals surface area contributed by atoms with Crippen molar-refractivity contribution in [3.63, 3.8) is 0 Å². The third kappa shape index (κ3) is 2.54. The van der Waals surface area contributed by atoms with E-state index in [1.165, 1.54) is 18.4 Å². The maximum atomic E-state index is 6.35. The molecule has 2 aliphatic rings. The first kappa shape index (κ1) is 14.1. The lowest BCUT2D eigenvalue weighted by atomic mass is 9.77. The summed E-state index contributed by atoms with van der Waals surface area (Å²) in [6, 6.07) is 0. The second-order valence-electron chi connectivity index (χ2n) is 5.95. The molecule has 1 unspecified atom stereocenters. The van der Waals surface area contributed by atoms with Crippen molar-refractivity contribution in [1.29, 1.82) is 0 Å². The van der Waals surface area contributed by atoms with Crippen LogP contribution in [-0.4, -0.2) is 16.5 Å². The van der Waals surface area contributed by atoms with E-state index in [0.29, 0.717) is 17.7 Å². The van der Waals surface area contributed by atoms with Crippen molar-refractivity contribution in [2.24, 2.45) is 5.92 Å². The lowest BCUT2D eigenvalue weighted by Gasteiger charge is -2.37. The van der Waals surface area contributed by atoms with Crippen molar-refractivity contribution in [2.75, 3.05) is 0 Å². The normalized spacial score (nSPS) is 45.9. The van der Waals surface area contributed by atoms with Crippen LogP contribution in [0.25, 0.3) is 0 Å². The monoisotopic (exact) mass is 290 g/mol. The molecule has 1 aliphatic carbocycles. The van der Waals surface area contributed by atoms with E-state index in [1.54, 1.807) is 0 Å². The number of hydrogen-bond acceptors (Lipinski definition) is 3. The molecule has 4 heteroatoms. The zero-order chi connectivity index (χ0) is 12.8. The number of fused-ring (bicyclic) bond motifs is 1. The molecule has 98 valence electrons. The molecule has 0 radical (unpaired) electrons. The summed E-state index contributed by atoms with van der Waals surface area (Å²) in [5, 5.41) is 0. The Balaban J connectivity index is 2.18. The zero-order valence-electron chi connectivity index (χ0n) is 11.2. The molecule has 0 aromatic rings. The maximum absolute atomic E-state index is 6.35. The summed E-state index contributed by atoms with van der Waals surface area (Å²) < 4.78 is 6.62. The van der Waals surface area contributed by atoms with Gasteiger partial charge in [-0.15, -0.1) is 0 Å². The van der Waals surface area contributed by atoms with E-state index in [0.717, 1.165) is 6.42 Å². The highest BCUT2D eigenvalue weighted by Crippen LogP contribution is 2.77. The molecule has 2 fully saturated rings. The number of allylic oxidation sites excluding steroid dienone is 1. The summed E-state index contributed by atoms with van der Waals surface area (Å²) in [6.07, 6.45) is 3.97. The Morgan fingerprint density at radius 2 is 2.24 bits per heavy atom. The Labute approximate surface area is 115 Å². The molecule has 17 heavy (non-hydrogen) atoms. The molecule has 1 saturated carbocycles. The Hall–Kier alpha value is 0.700. The molecule has 0 bridgehead atoms. The van der Waals surface area contributed by atoms with Crippen molar-refractivity contribution in [3.8, 4) is 0 Å². The maximum Gasteiger partial charge on any atom is 0.123 e.